The van der Waals surface area contributed by atoms with Crippen molar-refractivity contribution in [3.8, 4) is 0 Å². The fourth-order valence-electron chi connectivity index (χ4n) is 8.51. The second-order valence-corrected chi connectivity index (χ2v) is 14.4. The lowest BCUT2D eigenvalue weighted by Gasteiger charge is -2.36. The number of hydrogen-bond acceptors (Lipinski definition) is 9. The van der Waals surface area contributed by atoms with E-state index in [0.717, 1.165) is 31.6 Å². The highest BCUT2D eigenvalue weighted by Gasteiger charge is 2.73. The monoisotopic (exact) mass is 742 g/mol. The fourth-order valence-corrected chi connectivity index (χ4v) is 8.51. The molecule has 2 saturated heterocycles. The SMILES string of the molecule is CCN(CC)c1ccc(N2C/C=C\CCC(=O)N[C@H](COC)[C@@H](c3ccccc3)OC(=O)[C@@H]3[C@@H]4C=C[C@]5(O4)[C@H](C2=O)N(CCCCCCO)C(=O)[C@@H]35)cc1. The summed E-state index contributed by atoms with van der Waals surface area (Å²) in [5.41, 5.74) is 0.975. The number of methoxy groups -OCH3 is 1. The third kappa shape index (κ3) is 7.83. The average molecular weight is 743 g/mol. The molecule has 2 aromatic rings. The molecule has 0 saturated carbocycles. The molecular formula is C42H54N4O8. The number of nitrogens with zero attached hydrogens (tertiary/aromatic N) is 3. The predicted octanol–water partition coefficient (Wildman–Crippen LogP) is 4.33. The minimum atomic E-state index is -1.38. The maximum Gasteiger partial charge on any atom is 0.313 e. The summed E-state index contributed by atoms with van der Waals surface area (Å²) < 4.78 is 18.5. The molecule has 0 unspecified atom stereocenters. The smallest absolute Gasteiger partial charge is 0.313 e. The normalized spacial score (nSPS) is 29.0. The number of carbonyl (C=O) groups is 4. The van der Waals surface area contributed by atoms with Crippen molar-refractivity contribution < 1.29 is 38.5 Å². The van der Waals surface area contributed by atoms with E-state index in [9.17, 15) is 19.5 Å². The molecule has 290 valence electrons. The number of aliphatic hydroxyl groups excluding tert-OH is 1. The van der Waals surface area contributed by atoms with E-state index < -0.39 is 47.7 Å². The van der Waals surface area contributed by atoms with Crippen molar-refractivity contribution in [3.05, 3.63) is 84.5 Å². The van der Waals surface area contributed by atoms with Gasteiger partial charge in [0.25, 0.3) is 5.91 Å². The van der Waals surface area contributed by atoms with E-state index in [0.29, 0.717) is 37.1 Å². The van der Waals surface area contributed by atoms with Gasteiger partial charge in [-0.25, -0.2) is 0 Å². The molecule has 2 N–H and O–H groups in total. The number of likely N-dealkylation sites (tertiary alicyclic amines) is 1. The van der Waals surface area contributed by atoms with Gasteiger partial charge in [-0.2, -0.15) is 0 Å². The first-order valence-electron chi connectivity index (χ1n) is 19.4. The van der Waals surface area contributed by atoms with Crippen molar-refractivity contribution in [1.82, 2.24) is 10.2 Å². The number of allylic oxidation sites excluding steroid dienone is 1. The van der Waals surface area contributed by atoms with Crippen molar-refractivity contribution in [2.75, 3.05) is 56.3 Å². The second kappa shape index (κ2) is 17.7. The van der Waals surface area contributed by atoms with Crippen LogP contribution in [0.4, 0.5) is 11.4 Å². The first kappa shape index (κ1) is 39.2. The number of ether oxygens (including phenoxy) is 3. The maximum absolute atomic E-state index is 15.2. The Morgan fingerprint density at radius 1 is 0.944 bits per heavy atom. The van der Waals surface area contributed by atoms with Crippen molar-refractivity contribution in [2.45, 2.75) is 82.3 Å². The molecule has 1 spiro atoms. The molecule has 2 aromatic carbocycles. The van der Waals surface area contributed by atoms with Crippen LogP contribution in [0.25, 0.3) is 0 Å². The molecule has 3 amide bonds. The van der Waals surface area contributed by atoms with Gasteiger partial charge >= 0.3 is 5.97 Å². The molecule has 4 heterocycles. The number of aliphatic hydroxyl groups is 1. The number of anilines is 2. The topological polar surface area (TPSA) is 138 Å². The Morgan fingerprint density at radius 3 is 2.39 bits per heavy atom. The number of esters is 1. The first-order valence-corrected chi connectivity index (χ1v) is 19.4. The Morgan fingerprint density at radius 2 is 1.69 bits per heavy atom. The molecular weight excluding hydrogens is 688 g/mol. The Bertz CT molecular complexity index is 1680. The standard InChI is InChI=1S/C42H54N4O8/c1-4-44(5-2)30-19-21-31(22-20-30)45-25-14-9-12-18-34(48)43-32(28-52-3)37(29-16-10-8-11-17-29)53-41(51)35-33-23-24-42(54-33)36(35)39(49)46(38(42)40(45)50)26-13-6-7-15-27-47/h8-11,14,16-17,19-24,32-33,35-38,47H,4-7,12-13,15,18,25-28H2,1-3H3,(H,43,48)/b14-9-/t32-,33+,35-,36-,37-,38+,42-/m1/s1. The van der Waals surface area contributed by atoms with Crippen LogP contribution in [0.15, 0.2) is 78.9 Å². The van der Waals surface area contributed by atoms with Crippen molar-refractivity contribution >= 4 is 35.1 Å². The minimum Gasteiger partial charge on any atom is -0.455 e. The second-order valence-electron chi connectivity index (χ2n) is 14.4. The molecule has 12 nitrogen and oxygen atoms in total. The van der Waals surface area contributed by atoms with E-state index >= 15 is 4.79 Å². The van der Waals surface area contributed by atoms with Crippen LogP contribution < -0.4 is 15.1 Å². The van der Waals surface area contributed by atoms with Gasteiger partial charge in [0.1, 0.15) is 23.7 Å². The average Bonchev–Trinajstić information content (AvgIpc) is 3.83. The summed E-state index contributed by atoms with van der Waals surface area (Å²) in [6.45, 7) is 6.52. The number of rotatable bonds is 13. The molecule has 0 aliphatic carbocycles. The van der Waals surface area contributed by atoms with Gasteiger partial charge in [-0.05, 0) is 62.9 Å². The number of carbonyl (C=O) groups excluding carboxylic acids is 4. The van der Waals surface area contributed by atoms with E-state index in [2.05, 4.69) is 24.1 Å². The van der Waals surface area contributed by atoms with Crippen LogP contribution in [0.1, 0.15) is 64.0 Å². The van der Waals surface area contributed by atoms with E-state index in [1.165, 1.54) is 7.11 Å². The highest BCUT2D eigenvalue weighted by atomic mass is 16.6. The number of amides is 3. The zero-order chi connectivity index (χ0) is 38.2. The van der Waals surface area contributed by atoms with Crippen LogP contribution in [0.3, 0.4) is 0 Å². The maximum atomic E-state index is 15.2. The summed E-state index contributed by atoms with van der Waals surface area (Å²) in [4.78, 5) is 63.2. The lowest BCUT2D eigenvalue weighted by Crippen LogP contribution is -2.56. The molecule has 12 heteroatoms. The number of fused-ring (bicyclic) bond motifs is 2. The lowest BCUT2D eigenvalue weighted by atomic mass is 9.74. The number of cyclic esters (lactones) is 1. The molecule has 6 rings (SSSR count). The fraction of sp³-hybridized carbons (Fsp3) is 0.524. The Kier molecular flexibility index (Phi) is 12.9. The molecule has 2 fully saturated rings. The zero-order valence-corrected chi connectivity index (χ0v) is 31.6. The number of unbranched alkanes of at least 4 members (excludes halogenated alkanes) is 3. The molecule has 0 radical (unpaired) electrons. The van der Waals surface area contributed by atoms with Gasteiger partial charge in [-0.3, -0.25) is 19.2 Å². The zero-order valence-electron chi connectivity index (χ0n) is 31.6. The quantitative estimate of drug-likeness (QED) is 0.175. The third-order valence-electron chi connectivity index (χ3n) is 11.2. The molecule has 0 aromatic heterocycles. The first-order chi connectivity index (χ1) is 26.3. The molecule has 5 bridgehead atoms. The Balaban J connectivity index is 1.42. The summed E-state index contributed by atoms with van der Waals surface area (Å²) in [6, 6.07) is 15.3. The summed E-state index contributed by atoms with van der Waals surface area (Å²) in [6.07, 6.45) is 9.07. The third-order valence-corrected chi connectivity index (χ3v) is 11.2. The van der Waals surface area contributed by atoms with Crippen LogP contribution in [0.2, 0.25) is 0 Å². The molecule has 54 heavy (non-hydrogen) atoms. The molecule has 7 atom stereocenters. The number of hydrogen-bond donors (Lipinski definition) is 2. The Hall–Kier alpha value is -4.52. The summed E-state index contributed by atoms with van der Waals surface area (Å²) >= 11 is 0. The number of benzene rings is 2. The largest absolute Gasteiger partial charge is 0.455 e. The van der Waals surface area contributed by atoms with Crippen molar-refractivity contribution in [2.24, 2.45) is 11.8 Å². The van der Waals surface area contributed by atoms with E-state index in [1.807, 2.05) is 72.8 Å². The highest BCUT2D eigenvalue weighted by molar-refractivity contribution is 6.05. The van der Waals surface area contributed by atoms with Gasteiger partial charge in [0, 0.05) is 57.7 Å². The van der Waals surface area contributed by atoms with Crippen LogP contribution >= 0.6 is 0 Å². The summed E-state index contributed by atoms with van der Waals surface area (Å²) in [5, 5.41) is 12.4. The summed E-state index contributed by atoms with van der Waals surface area (Å²) in [7, 11) is 1.52. The molecule has 4 aliphatic heterocycles. The number of nitrogens with one attached hydrogen (secondary N) is 1. The van der Waals surface area contributed by atoms with Gasteiger partial charge < -0.3 is 39.3 Å². The van der Waals surface area contributed by atoms with Crippen molar-refractivity contribution in [3.63, 3.8) is 0 Å². The Labute approximate surface area is 318 Å². The summed E-state index contributed by atoms with van der Waals surface area (Å²) in [5.74, 6) is -3.52. The lowest BCUT2D eigenvalue weighted by molar-refractivity contribution is -0.162. The van der Waals surface area contributed by atoms with E-state index in [-0.39, 0.29) is 43.9 Å². The predicted molar refractivity (Wildman–Crippen MR) is 205 cm³/mol. The van der Waals surface area contributed by atoms with E-state index in [4.69, 9.17) is 14.2 Å². The van der Waals surface area contributed by atoms with Gasteiger partial charge in [0.05, 0.1) is 24.7 Å². The van der Waals surface area contributed by atoms with Crippen LogP contribution in [-0.2, 0) is 33.4 Å². The van der Waals surface area contributed by atoms with Gasteiger partial charge in [-0.15, -0.1) is 0 Å². The van der Waals surface area contributed by atoms with Crippen molar-refractivity contribution in [1.29, 1.82) is 0 Å². The van der Waals surface area contributed by atoms with Crippen LogP contribution in [0.5, 0.6) is 0 Å². The highest BCUT2D eigenvalue weighted by Crippen LogP contribution is 2.56. The molecule has 4 aliphatic rings. The van der Waals surface area contributed by atoms with E-state index in [1.54, 1.807) is 15.9 Å². The van der Waals surface area contributed by atoms with Crippen LogP contribution in [-0.4, -0.2) is 104 Å². The van der Waals surface area contributed by atoms with Gasteiger partial charge in [0.15, 0.2) is 0 Å². The van der Waals surface area contributed by atoms with Crippen LogP contribution in [0, 0.1) is 11.8 Å². The minimum absolute atomic E-state index is 0.0773. The van der Waals surface area contributed by atoms with Gasteiger partial charge in [-0.1, -0.05) is 67.5 Å². The van der Waals surface area contributed by atoms with Gasteiger partial charge in [0.2, 0.25) is 11.8 Å².